The Morgan fingerprint density at radius 2 is 1.82 bits per heavy atom. The molecule has 0 unspecified atom stereocenters. The number of unbranched alkanes of at least 4 members (excludes halogenated alkanes) is 5. The molecule has 1 aromatic heterocycles. The molecule has 3 nitrogen and oxygen atoms in total. The predicted molar refractivity (Wildman–Crippen MR) is 66.6 cm³/mol. The van der Waals surface area contributed by atoms with Gasteiger partial charge in [-0.2, -0.15) is 4.39 Å². The fourth-order valence-electron chi connectivity index (χ4n) is 1.87. The van der Waals surface area contributed by atoms with Crippen molar-refractivity contribution in [2.24, 2.45) is 0 Å². The highest BCUT2D eigenvalue weighted by molar-refractivity contribution is 5.05. The van der Waals surface area contributed by atoms with Crippen LogP contribution in [-0.2, 0) is 6.42 Å². The zero-order valence-electron chi connectivity index (χ0n) is 10.7. The molecule has 0 aromatic carbocycles. The van der Waals surface area contributed by atoms with E-state index in [0.717, 1.165) is 12.8 Å². The number of rotatable bonds is 7. The van der Waals surface area contributed by atoms with Gasteiger partial charge >= 0.3 is 0 Å². The van der Waals surface area contributed by atoms with Crippen LogP contribution in [0.2, 0.25) is 0 Å². The van der Waals surface area contributed by atoms with Crippen LogP contribution in [0.25, 0.3) is 0 Å². The zero-order valence-corrected chi connectivity index (χ0v) is 10.7. The quantitative estimate of drug-likeness (QED) is 0.744. The van der Waals surface area contributed by atoms with Gasteiger partial charge in [0.2, 0.25) is 5.82 Å². The average Bonchev–Trinajstić information content (AvgIpc) is 2.29. The SMILES string of the molecule is CCCCCCCCc1nc(C)[nH]c(=O)c1F. The minimum Gasteiger partial charge on any atom is -0.308 e. The van der Waals surface area contributed by atoms with Crippen molar-refractivity contribution in [2.45, 2.75) is 58.8 Å². The molecule has 0 fully saturated rings. The third-order valence-corrected chi connectivity index (χ3v) is 2.82. The van der Waals surface area contributed by atoms with Crippen molar-refractivity contribution in [3.8, 4) is 0 Å². The summed E-state index contributed by atoms with van der Waals surface area (Å²) in [5.41, 5.74) is -0.347. The first kappa shape index (κ1) is 13.9. The van der Waals surface area contributed by atoms with Gasteiger partial charge in [-0.3, -0.25) is 4.79 Å². The molecule has 0 amide bonds. The molecule has 0 saturated carbocycles. The number of nitrogens with zero attached hydrogens (tertiary/aromatic N) is 1. The van der Waals surface area contributed by atoms with Crippen molar-refractivity contribution in [3.63, 3.8) is 0 Å². The number of aromatic nitrogens is 2. The number of hydrogen-bond donors (Lipinski definition) is 1. The van der Waals surface area contributed by atoms with E-state index in [0.29, 0.717) is 17.9 Å². The van der Waals surface area contributed by atoms with Gasteiger partial charge in [0.25, 0.3) is 5.56 Å². The van der Waals surface area contributed by atoms with Crippen molar-refractivity contribution in [1.29, 1.82) is 0 Å². The minimum atomic E-state index is -0.718. The molecule has 1 heterocycles. The molecule has 0 bridgehead atoms. The Kier molecular flexibility index (Phi) is 5.87. The van der Waals surface area contributed by atoms with Gasteiger partial charge < -0.3 is 4.98 Å². The van der Waals surface area contributed by atoms with Crippen LogP contribution in [0.4, 0.5) is 4.39 Å². The molecule has 0 spiro atoms. The van der Waals surface area contributed by atoms with Crippen LogP contribution in [0.15, 0.2) is 4.79 Å². The van der Waals surface area contributed by atoms with Gasteiger partial charge in [0.15, 0.2) is 0 Å². The Labute approximate surface area is 101 Å². The van der Waals surface area contributed by atoms with Crippen LogP contribution in [0, 0.1) is 12.7 Å². The molecule has 0 aliphatic rings. The van der Waals surface area contributed by atoms with Gasteiger partial charge in [-0.25, -0.2) is 4.98 Å². The topological polar surface area (TPSA) is 45.8 Å². The molecule has 17 heavy (non-hydrogen) atoms. The lowest BCUT2D eigenvalue weighted by Gasteiger charge is -2.03. The van der Waals surface area contributed by atoms with E-state index in [1.54, 1.807) is 6.92 Å². The van der Waals surface area contributed by atoms with Crippen molar-refractivity contribution < 1.29 is 4.39 Å². The van der Waals surface area contributed by atoms with E-state index in [9.17, 15) is 9.18 Å². The first-order chi connectivity index (χ1) is 8.15. The van der Waals surface area contributed by atoms with Gasteiger partial charge in [-0.05, 0) is 19.8 Å². The molecule has 0 aliphatic carbocycles. The molecule has 1 rings (SSSR count). The summed E-state index contributed by atoms with van der Waals surface area (Å²) in [7, 11) is 0. The van der Waals surface area contributed by atoms with E-state index >= 15 is 0 Å². The summed E-state index contributed by atoms with van der Waals surface area (Å²) in [5, 5.41) is 0. The van der Waals surface area contributed by atoms with Crippen molar-refractivity contribution in [3.05, 3.63) is 27.7 Å². The van der Waals surface area contributed by atoms with Crippen molar-refractivity contribution in [1.82, 2.24) is 9.97 Å². The summed E-state index contributed by atoms with van der Waals surface area (Å²) < 4.78 is 13.4. The summed E-state index contributed by atoms with van der Waals surface area (Å²) in [5.74, 6) is -0.235. The first-order valence-corrected chi connectivity index (χ1v) is 6.40. The number of aromatic amines is 1. The lowest BCUT2D eigenvalue weighted by molar-refractivity contribution is 0.554. The van der Waals surface area contributed by atoms with Gasteiger partial charge in [0, 0.05) is 0 Å². The zero-order chi connectivity index (χ0) is 12.7. The molecular weight excluding hydrogens is 219 g/mol. The summed E-state index contributed by atoms with van der Waals surface area (Å²) in [6, 6.07) is 0. The van der Waals surface area contributed by atoms with E-state index in [4.69, 9.17) is 0 Å². The normalized spacial score (nSPS) is 10.8. The molecule has 1 aromatic rings. The van der Waals surface area contributed by atoms with Crippen LogP contribution in [0.5, 0.6) is 0 Å². The molecule has 0 radical (unpaired) electrons. The number of hydrogen-bond acceptors (Lipinski definition) is 2. The molecule has 0 aliphatic heterocycles. The Bertz CT molecular complexity index is 401. The molecule has 0 saturated heterocycles. The second-order valence-corrected chi connectivity index (χ2v) is 4.43. The monoisotopic (exact) mass is 240 g/mol. The largest absolute Gasteiger partial charge is 0.308 e. The Morgan fingerprint density at radius 3 is 2.53 bits per heavy atom. The molecule has 0 atom stereocenters. The van der Waals surface area contributed by atoms with E-state index in [-0.39, 0.29) is 0 Å². The fraction of sp³-hybridized carbons (Fsp3) is 0.692. The number of halogens is 1. The first-order valence-electron chi connectivity index (χ1n) is 6.40. The smallest absolute Gasteiger partial charge is 0.287 e. The van der Waals surface area contributed by atoms with E-state index < -0.39 is 11.4 Å². The Hall–Kier alpha value is -1.19. The Balaban J connectivity index is 2.39. The van der Waals surface area contributed by atoms with E-state index in [2.05, 4.69) is 16.9 Å². The van der Waals surface area contributed by atoms with Crippen LogP contribution < -0.4 is 5.56 Å². The lowest BCUT2D eigenvalue weighted by Crippen LogP contribution is -2.17. The van der Waals surface area contributed by atoms with Crippen LogP contribution in [-0.4, -0.2) is 9.97 Å². The summed E-state index contributed by atoms with van der Waals surface area (Å²) in [6.45, 7) is 3.85. The minimum absolute atomic E-state index is 0.307. The summed E-state index contributed by atoms with van der Waals surface area (Å²) in [6.07, 6.45) is 7.44. The maximum Gasteiger partial charge on any atom is 0.287 e. The van der Waals surface area contributed by atoms with Gasteiger partial charge in [-0.1, -0.05) is 39.0 Å². The Morgan fingerprint density at radius 1 is 1.18 bits per heavy atom. The van der Waals surface area contributed by atoms with Crippen LogP contribution >= 0.6 is 0 Å². The summed E-state index contributed by atoms with van der Waals surface area (Å²) >= 11 is 0. The average molecular weight is 240 g/mol. The van der Waals surface area contributed by atoms with Crippen LogP contribution in [0.3, 0.4) is 0 Å². The fourth-order valence-corrected chi connectivity index (χ4v) is 1.87. The van der Waals surface area contributed by atoms with Crippen molar-refractivity contribution in [2.75, 3.05) is 0 Å². The molecule has 96 valence electrons. The van der Waals surface area contributed by atoms with E-state index in [1.807, 2.05) is 0 Å². The van der Waals surface area contributed by atoms with Gasteiger partial charge in [0.1, 0.15) is 5.82 Å². The van der Waals surface area contributed by atoms with Gasteiger partial charge in [-0.15, -0.1) is 0 Å². The number of aryl methyl sites for hydroxylation is 2. The molecule has 1 N–H and O–H groups in total. The third kappa shape index (κ3) is 4.67. The van der Waals surface area contributed by atoms with E-state index in [1.165, 1.54) is 25.7 Å². The molecule has 4 heteroatoms. The number of nitrogens with one attached hydrogen (secondary N) is 1. The highest BCUT2D eigenvalue weighted by atomic mass is 19.1. The highest BCUT2D eigenvalue weighted by Crippen LogP contribution is 2.09. The summed E-state index contributed by atoms with van der Waals surface area (Å²) in [4.78, 5) is 17.6. The molecular formula is C13H21FN2O. The lowest BCUT2D eigenvalue weighted by atomic mass is 10.1. The maximum absolute atomic E-state index is 13.4. The predicted octanol–water partition coefficient (Wildman–Crippen LogP) is 3.12. The second-order valence-electron chi connectivity index (χ2n) is 4.43. The third-order valence-electron chi connectivity index (χ3n) is 2.82. The number of H-pyrrole nitrogens is 1. The van der Waals surface area contributed by atoms with Crippen molar-refractivity contribution >= 4 is 0 Å². The maximum atomic E-state index is 13.4. The van der Waals surface area contributed by atoms with Gasteiger partial charge in [0.05, 0.1) is 5.69 Å². The second kappa shape index (κ2) is 7.20. The standard InChI is InChI=1S/C13H21FN2O/c1-3-4-5-6-7-8-9-11-12(14)13(17)16-10(2)15-11/h3-9H2,1-2H3,(H,15,16,17). The highest BCUT2D eigenvalue weighted by Gasteiger charge is 2.08. The van der Waals surface area contributed by atoms with Crippen LogP contribution in [0.1, 0.15) is 57.0 Å².